The van der Waals surface area contributed by atoms with Crippen molar-refractivity contribution in [1.82, 2.24) is 5.32 Å². The zero-order valence-corrected chi connectivity index (χ0v) is 17.4. The van der Waals surface area contributed by atoms with Gasteiger partial charge in [-0.15, -0.1) is 0 Å². The predicted molar refractivity (Wildman–Crippen MR) is 114 cm³/mol. The van der Waals surface area contributed by atoms with E-state index in [9.17, 15) is 19.2 Å². The van der Waals surface area contributed by atoms with E-state index in [-0.39, 0.29) is 19.6 Å². The van der Waals surface area contributed by atoms with Crippen molar-refractivity contribution in [1.29, 1.82) is 0 Å². The van der Waals surface area contributed by atoms with Gasteiger partial charge in [-0.3, -0.25) is 24.5 Å². The summed E-state index contributed by atoms with van der Waals surface area (Å²) in [5.74, 6) is -2.67. The van der Waals surface area contributed by atoms with E-state index in [2.05, 4.69) is 10.6 Å². The smallest absolute Gasteiger partial charge is 0.250 e. The molecule has 0 saturated carbocycles. The van der Waals surface area contributed by atoms with E-state index < -0.39 is 47.0 Å². The van der Waals surface area contributed by atoms with Crippen molar-refractivity contribution >= 4 is 35.0 Å². The number of imide groups is 1. The molecule has 4 heterocycles. The second-order valence-electron chi connectivity index (χ2n) is 8.62. The molecule has 0 aliphatic carbocycles. The summed E-state index contributed by atoms with van der Waals surface area (Å²) in [4.78, 5) is 53.4. The fourth-order valence-electron chi connectivity index (χ4n) is 5.58. The quantitative estimate of drug-likeness (QED) is 0.582. The van der Waals surface area contributed by atoms with E-state index in [0.717, 1.165) is 4.90 Å². The van der Waals surface area contributed by atoms with Crippen LogP contribution in [0.5, 0.6) is 11.5 Å². The number of amides is 4. The third kappa shape index (κ3) is 2.58. The highest BCUT2D eigenvalue weighted by atomic mass is 16.7. The van der Waals surface area contributed by atoms with Crippen LogP contribution in [0.1, 0.15) is 18.4 Å². The number of benzene rings is 2. The Balaban J connectivity index is 1.47. The van der Waals surface area contributed by atoms with Gasteiger partial charge in [0.05, 0.1) is 17.5 Å². The standard InChI is InChI=1S/C23H20N4O6/c24-17(28)8-6-14-18-19(23(26-14)12-3-1-2-4-13(12)25-22(23)31)21(30)27(20(18)29)11-5-7-15-16(9-11)33-10-32-15/h1-5,7,9,14,18-19,26H,6,8,10H2,(H2,24,28)(H,25,31). The molecule has 0 bridgehead atoms. The molecule has 4 atom stereocenters. The van der Waals surface area contributed by atoms with Crippen LogP contribution in [-0.2, 0) is 24.7 Å². The van der Waals surface area contributed by atoms with Crippen molar-refractivity contribution in [2.24, 2.45) is 17.6 Å². The Labute approximate surface area is 188 Å². The van der Waals surface area contributed by atoms with Crippen LogP contribution in [0.2, 0.25) is 0 Å². The zero-order valence-electron chi connectivity index (χ0n) is 17.4. The average Bonchev–Trinajstić information content (AvgIpc) is 3.52. The number of anilines is 2. The fourth-order valence-corrected chi connectivity index (χ4v) is 5.58. The van der Waals surface area contributed by atoms with E-state index in [4.69, 9.17) is 15.2 Å². The number of hydrogen-bond donors (Lipinski definition) is 3. The molecule has 168 valence electrons. The number of nitrogens with zero attached hydrogens (tertiary/aromatic N) is 1. The van der Waals surface area contributed by atoms with Gasteiger partial charge in [-0.1, -0.05) is 18.2 Å². The molecule has 1 spiro atoms. The lowest BCUT2D eigenvalue weighted by atomic mass is 9.76. The molecule has 2 aromatic carbocycles. The largest absolute Gasteiger partial charge is 0.454 e. The first-order valence-corrected chi connectivity index (χ1v) is 10.7. The first-order chi connectivity index (χ1) is 15.9. The van der Waals surface area contributed by atoms with Crippen LogP contribution in [0.3, 0.4) is 0 Å². The topological polar surface area (TPSA) is 140 Å². The van der Waals surface area contributed by atoms with Crippen LogP contribution in [0.4, 0.5) is 11.4 Å². The zero-order chi connectivity index (χ0) is 22.9. The third-order valence-electron chi connectivity index (χ3n) is 6.94. The summed E-state index contributed by atoms with van der Waals surface area (Å²) in [6.45, 7) is 0.0606. The van der Waals surface area contributed by atoms with Gasteiger partial charge >= 0.3 is 0 Å². The van der Waals surface area contributed by atoms with E-state index >= 15 is 0 Å². The number of rotatable bonds is 4. The Hall–Kier alpha value is -3.92. The minimum absolute atomic E-state index is 0.0196. The summed E-state index contributed by atoms with van der Waals surface area (Å²) < 4.78 is 10.7. The average molecular weight is 448 g/mol. The molecule has 2 saturated heterocycles. The highest BCUT2D eigenvalue weighted by Gasteiger charge is 2.70. The van der Waals surface area contributed by atoms with Crippen molar-refractivity contribution in [3.63, 3.8) is 0 Å². The van der Waals surface area contributed by atoms with Gasteiger partial charge in [0.1, 0.15) is 5.54 Å². The van der Waals surface area contributed by atoms with Gasteiger partial charge in [0.15, 0.2) is 11.5 Å². The minimum Gasteiger partial charge on any atom is -0.454 e. The SMILES string of the molecule is NC(=O)CCC1NC2(C(=O)Nc3ccccc32)C2C(=O)N(c3ccc4c(c3)OCO4)C(=O)C12. The molecule has 0 radical (unpaired) electrons. The van der Waals surface area contributed by atoms with Crippen molar-refractivity contribution in [2.45, 2.75) is 24.4 Å². The fraction of sp³-hybridized carbons (Fsp3) is 0.304. The molecule has 0 aromatic heterocycles. The summed E-state index contributed by atoms with van der Waals surface area (Å²) in [6.07, 6.45) is 0.243. The maximum absolute atomic E-state index is 13.8. The summed E-state index contributed by atoms with van der Waals surface area (Å²) >= 11 is 0. The first-order valence-electron chi connectivity index (χ1n) is 10.7. The molecular weight excluding hydrogens is 428 g/mol. The van der Waals surface area contributed by atoms with Crippen molar-refractivity contribution in [2.75, 3.05) is 17.0 Å². The monoisotopic (exact) mass is 448 g/mol. The molecule has 33 heavy (non-hydrogen) atoms. The van der Waals surface area contributed by atoms with Gasteiger partial charge in [-0.2, -0.15) is 0 Å². The molecule has 10 heteroatoms. The molecular formula is C23H20N4O6. The number of carbonyl (C=O) groups excluding carboxylic acids is 4. The van der Waals surface area contributed by atoms with Gasteiger partial charge in [0, 0.05) is 29.8 Å². The first kappa shape index (κ1) is 19.7. The molecule has 4 unspecified atom stereocenters. The number of nitrogens with one attached hydrogen (secondary N) is 2. The van der Waals surface area contributed by atoms with Crippen LogP contribution < -0.4 is 30.7 Å². The summed E-state index contributed by atoms with van der Waals surface area (Å²) in [5.41, 5.74) is 5.49. The van der Waals surface area contributed by atoms with Crippen LogP contribution >= 0.6 is 0 Å². The number of nitrogens with two attached hydrogens (primary N) is 1. The molecule has 6 rings (SSSR count). The lowest BCUT2D eigenvalue weighted by molar-refractivity contribution is -0.130. The lowest BCUT2D eigenvalue weighted by Crippen LogP contribution is -2.53. The highest BCUT2D eigenvalue weighted by molar-refractivity contribution is 6.25. The van der Waals surface area contributed by atoms with E-state index in [1.54, 1.807) is 42.5 Å². The summed E-state index contributed by atoms with van der Waals surface area (Å²) in [7, 11) is 0. The highest BCUT2D eigenvalue weighted by Crippen LogP contribution is 2.54. The van der Waals surface area contributed by atoms with E-state index in [1.165, 1.54) is 0 Å². The second kappa shape index (κ2) is 6.79. The molecule has 2 aromatic rings. The van der Waals surface area contributed by atoms with Gasteiger partial charge in [0.2, 0.25) is 30.4 Å². The normalized spacial score (nSPS) is 28.9. The molecule has 2 fully saturated rings. The Bertz CT molecular complexity index is 1250. The van der Waals surface area contributed by atoms with Gasteiger partial charge in [0.25, 0.3) is 0 Å². The summed E-state index contributed by atoms with van der Waals surface area (Å²) in [6, 6.07) is 11.4. The van der Waals surface area contributed by atoms with E-state index in [1.807, 2.05) is 0 Å². The van der Waals surface area contributed by atoms with Gasteiger partial charge in [-0.05, 0) is 24.6 Å². The summed E-state index contributed by atoms with van der Waals surface area (Å²) in [5, 5.41) is 6.11. The Morgan fingerprint density at radius 3 is 2.70 bits per heavy atom. The molecule has 4 N–H and O–H groups in total. The Morgan fingerprint density at radius 2 is 1.88 bits per heavy atom. The van der Waals surface area contributed by atoms with Crippen LogP contribution in [0, 0.1) is 11.8 Å². The Morgan fingerprint density at radius 1 is 1.09 bits per heavy atom. The maximum atomic E-state index is 13.8. The number of hydrogen-bond acceptors (Lipinski definition) is 7. The van der Waals surface area contributed by atoms with Crippen molar-refractivity contribution in [3.8, 4) is 11.5 Å². The number of fused-ring (bicyclic) bond motifs is 5. The Kier molecular flexibility index (Phi) is 4.06. The van der Waals surface area contributed by atoms with Crippen LogP contribution in [0.25, 0.3) is 0 Å². The molecule has 4 aliphatic rings. The van der Waals surface area contributed by atoms with Crippen LogP contribution in [0.15, 0.2) is 42.5 Å². The number of primary amides is 1. The number of carbonyl (C=O) groups is 4. The number of para-hydroxylation sites is 1. The van der Waals surface area contributed by atoms with Gasteiger partial charge < -0.3 is 20.5 Å². The van der Waals surface area contributed by atoms with Gasteiger partial charge in [-0.25, -0.2) is 4.90 Å². The lowest BCUT2D eigenvalue weighted by Gasteiger charge is -2.29. The molecule has 4 amide bonds. The molecule has 4 aliphatic heterocycles. The maximum Gasteiger partial charge on any atom is 0.250 e. The van der Waals surface area contributed by atoms with Crippen LogP contribution in [-0.4, -0.2) is 36.5 Å². The van der Waals surface area contributed by atoms with E-state index in [0.29, 0.717) is 28.4 Å². The third-order valence-corrected chi connectivity index (χ3v) is 6.94. The minimum atomic E-state index is -1.42. The predicted octanol–water partition coefficient (Wildman–Crippen LogP) is 0.606. The molecule has 10 nitrogen and oxygen atoms in total. The van der Waals surface area contributed by atoms with Crippen molar-refractivity contribution < 1.29 is 28.7 Å². The second-order valence-corrected chi connectivity index (χ2v) is 8.62. The number of ether oxygens (including phenoxy) is 2. The van der Waals surface area contributed by atoms with Crippen molar-refractivity contribution in [3.05, 3.63) is 48.0 Å².